The molecule has 0 saturated carbocycles. The summed E-state index contributed by atoms with van der Waals surface area (Å²) in [4.78, 5) is 26.4. The molecular formula is C13H24N2O4. The van der Waals surface area contributed by atoms with Gasteiger partial charge in [-0.05, 0) is 19.3 Å². The largest absolute Gasteiger partial charge is 0.479 e. The van der Waals surface area contributed by atoms with Crippen LogP contribution in [0.1, 0.15) is 27.2 Å². The van der Waals surface area contributed by atoms with E-state index in [1.54, 1.807) is 16.8 Å². The number of aliphatic carboxylic acids is 1. The molecule has 0 bridgehead atoms. The number of hydrogen-bond acceptors (Lipinski definition) is 3. The summed E-state index contributed by atoms with van der Waals surface area (Å²) in [6.07, 6.45) is 0.0149. The van der Waals surface area contributed by atoms with Crippen molar-refractivity contribution in [2.75, 3.05) is 26.7 Å². The smallest absolute Gasteiger partial charge is 0.334 e. The lowest BCUT2D eigenvalue weighted by Gasteiger charge is -2.36. The number of hydrogen-bond donors (Lipinski definition) is 1. The second-order valence-corrected chi connectivity index (χ2v) is 5.52. The average Bonchev–Trinajstić information content (AvgIpc) is 2.36. The van der Waals surface area contributed by atoms with Gasteiger partial charge in [0.05, 0.1) is 13.2 Å². The summed E-state index contributed by atoms with van der Waals surface area (Å²) in [5, 5.41) is 8.93. The standard InChI is InChI=1S/C13H24N2O4/c1-9(2)7-10(3)14(4)13(18)15-5-6-19-11(8-15)12(16)17/h9-11H,5-8H2,1-4H3,(H,16,17). The SMILES string of the molecule is CC(C)CC(C)N(C)C(=O)N1CCOC(C(=O)O)C1. The molecule has 110 valence electrons. The highest BCUT2D eigenvalue weighted by Crippen LogP contribution is 2.14. The fourth-order valence-electron chi connectivity index (χ4n) is 2.22. The molecule has 1 rings (SSSR count). The Labute approximate surface area is 114 Å². The summed E-state index contributed by atoms with van der Waals surface area (Å²) in [5.41, 5.74) is 0. The normalized spacial score (nSPS) is 21.3. The van der Waals surface area contributed by atoms with Crippen molar-refractivity contribution >= 4 is 12.0 Å². The summed E-state index contributed by atoms with van der Waals surface area (Å²) in [6, 6.07) is 0.0151. The maximum atomic E-state index is 12.3. The molecular weight excluding hydrogens is 248 g/mol. The molecule has 0 aromatic carbocycles. The van der Waals surface area contributed by atoms with Gasteiger partial charge in [-0.25, -0.2) is 9.59 Å². The maximum absolute atomic E-state index is 12.3. The van der Waals surface area contributed by atoms with Crippen LogP contribution in [0.5, 0.6) is 0 Å². The van der Waals surface area contributed by atoms with Crippen molar-refractivity contribution in [2.45, 2.75) is 39.3 Å². The van der Waals surface area contributed by atoms with Gasteiger partial charge in [0.25, 0.3) is 0 Å². The quantitative estimate of drug-likeness (QED) is 0.836. The molecule has 2 atom stereocenters. The van der Waals surface area contributed by atoms with E-state index in [0.29, 0.717) is 12.5 Å². The Bertz CT molecular complexity index is 333. The van der Waals surface area contributed by atoms with Gasteiger partial charge in [0.1, 0.15) is 0 Å². The minimum atomic E-state index is -1.02. The highest BCUT2D eigenvalue weighted by Gasteiger charge is 2.31. The maximum Gasteiger partial charge on any atom is 0.334 e. The van der Waals surface area contributed by atoms with Crippen molar-refractivity contribution in [3.63, 3.8) is 0 Å². The molecule has 2 unspecified atom stereocenters. The van der Waals surface area contributed by atoms with Gasteiger partial charge in [0.2, 0.25) is 0 Å². The highest BCUT2D eigenvalue weighted by molar-refractivity contribution is 5.77. The topological polar surface area (TPSA) is 70.1 Å². The molecule has 1 saturated heterocycles. The minimum Gasteiger partial charge on any atom is -0.479 e. The molecule has 1 N–H and O–H groups in total. The van der Waals surface area contributed by atoms with Crippen LogP contribution in [0.3, 0.4) is 0 Å². The molecule has 1 fully saturated rings. The van der Waals surface area contributed by atoms with Gasteiger partial charge >= 0.3 is 12.0 Å². The summed E-state index contributed by atoms with van der Waals surface area (Å²) < 4.78 is 5.11. The first-order valence-corrected chi connectivity index (χ1v) is 6.69. The molecule has 0 aromatic heterocycles. The van der Waals surface area contributed by atoms with Crippen LogP contribution >= 0.6 is 0 Å². The zero-order valence-corrected chi connectivity index (χ0v) is 12.1. The molecule has 0 spiro atoms. The van der Waals surface area contributed by atoms with Gasteiger partial charge < -0.3 is 19.6 Å². The third-order valence-electron chi connectivity index (χ3n) is 3.39. The third-order valence-corrected chi connectivity index (χ3v) is 3.39. The van der Waals surface area contributed by atoms with Crippen molar-refractivity contribution in [2.24, 2.45) is 5.92 Å². The van der Waals surface area contributed by atoms with E-state index in [-0.39, 0.29) is 25.2 Å². The molecule has 1 aliphatic heterocycles. The van der Waals surface area contributed by atoms with Crippen LogP contribution in [0.4, 0.5) is 4.79 Å². The number of carboxylic acid groups (broad SMARTS) is 1. The summed E-state index contributed by atoms with van der Waals surface area (Å²) in [7, 11) is 1.76. The Balaban J connectivity index is 2.58. The minimum absolute atomic E-state index is 0.118. The number of urea groups is 1. The first-order valence-electron chi connectivity index (χ1n) is 6.69. The molecule has 6 heteroatoms. The Kier molecular flexibility index (Phi) is 5.60. The number of morpholine rings is 1. The first-order chi connectivity index (χ1) is 8.82. The van der Waals surface area contributed by atoms with E-state index in [1.165, 1.54) is 0 Å². The zero-order chi connectivity index (χ0) is 14.6. The van der Waals surface area contributed by atoms with Gasteiger partial charge in [-0.15, -0.1) is 0 Å². The predicted octanol–water partition coefficient (Wildman–Crippen LogP) is 1.26. The molecule has 6 nitrogen and oxygen atoms in total. The summed E-state index contributed by atoms with van der Waals surface area (Å²) in [6.45, 7) is 7.07. The van der Waals surface area contributed by atoms with Crippen LogP contribution in [0.25, 0.3) is 0 Å². The van der Waals surface area contributed by atoms with Crippen LogP contribution in [0.15, 0.2) is 0 Å². The summed E-state index contributed by atoms with van der Waals surface area (Å²) in [5.74, 6) is -0.503. The number of carbonyl (C=O) groups excluding carboxylic acids is 1. The number of amides is 2. The number of ether oxygens (including phenoxy) is 1. The van der Waals surface area contributed by atoms with Crippen molar-refractivity contribution < 1.29 is 19.4 Å². The molecule has 2 amide bonds. The van der Waals surface area contributed by atoms with E-state index in [2.05, 4.69) is 13.8 Å². The lowest BCUT2D eigenvalue weighted by atomic mass is 10.0. The van der Waals surface area contributed by atoms with Gasteiger partial charge in [0.15, 0.2) is 6.10 Å². The Morgan fingerprint density at radius 3 is 2.58 bits per heavy atom. The highest BCUT2D eigenvalue weighted by atomic mass is 16.5. The van der Waals surface area contributed by atoms with Crippen molar-refractivity contribution in [3.8, 4) is 0 Å². The Morgan fingerprint density at radius 1 is 1.42 bits per heavy atom. The monoisotopic (exact) mass is 272 g/mol. The Hall–Kier alpha value is -1.30. The lowest BCUT2D eigenvalue weighted by molar-refractivity contribution is -0.154. The molecule has 1 aliphatic rings. The van der Waals surface area contributed by atoms with Crippen LogP contribution in [0, 0.1) is 5.92 Å². The van der Waals surface area contributed by atoms with Gasteiger partial charge in [-0.2, -0.15) is 0 Å². The second-order valence-electron chi connectivity index (χ2n) is 5.52. The van der Waals surface area contributed by atoms with E-state index in [4.69, 9.17) is 9.84 Å². The third kappa shape index (κ3) is 4.38. The van der Waals surface area contributed by atoms with Crippen molar-refractivity contribution in [1.29, 1.82) is 0 Å². The van der Waals surface area contributed by atoms with Crippen molar-refractivity contribution in [1.82, 2.24) is 9.80 Å². The van der Waals surface area contributed by atoms with Crippen molar-refractivity contribution in [3.05, 3.63) is 0 Å². The predicted molar refractivity (Wildman–Crippen MR) is 71.0 cm³/mol. The zero-order valence-electron chi connectivity index (χ0n) is 12.1. The average molecular weight is 272 g/mol. The fraction of sp³-hybridized carbons (Fsp3) is 0.846. The lowest BCUT2D eigenvalue weighted by Crippen LogP contribution is -2.53. The number of carboxylic acids is 1. The van der Waals surface area contributed by atoms with Crippen LogP contribution < -0.4 is 0 Å². The fourth-order valence-corrected chi connectivity index (χ4v) is 2.22. The van der Waals surface area contributed by atoms with Crippen LogP contribution in [-0.4, -0.2) is 65.8 Å². The number of nitrogens with zero attached hydrogens (tertiary/aromatic N) is 2. The number of carbonyl (C=O) groups is 2. The van der Waals surface area contributed by atoms with Gasteiger partial charge in [-0.3, -0.25) is 0 Å². The second kappa shape index (κ2) is 6.75. The van der Waals surface area contributed by atoms with Gasteiger partial charge in [-0.1, -0.05) is 13.8 Å². The summed E-state index contributed by atoms with van der Waals surface area (Å²) >= 11 is 0. The number of rotatable bonds is 4. The van der Waals surface area contributed by atoms with Crippen LogP contribution in [-0.2, 0) is 9.53 Å². The van der Waals surface area contributed by atoms with Crippen LogP contribution in [0.2, 0.25) is 0 Å². The van der Waals surface area contributed by atoms with E-state index >= 15 is 0 Å². The van der Waals surface area contributed by atoms with E-state index < -0.39 is 12.1 Å². The van der Waals surface area contributed by atoms with E-state index in [9.17, 15) is 9.59 Å². The molecule has 0 aromatic rings. The van der Waals surface area contributed by atoms with E-state index in [0.717, 1.165) is 6.42 Å². The van der Waals surface area contributed by atoms with Gasteiger partial charge in [0, 0.05) is 19.6 Å². The molecule has 0 aliphatic carbocycles. The van der Waals surface area contributed by atoms with E-state index in [1.807, 2.05) is 6.92 Å². The Morgan fingerprint density at radius 2 is 2.05 bits per heavy atom. The molecule has 1 heterocycles. The molecule has 19 heavy (non-hydrogen) atoms. The molecule has 0 radical (unpaired) electrons. The first kappa shape index (κ1) is 15.8.